The summed E-state index contributed by atoms with van der Waals surface area (Å²) in [4.78, 5) is 27.9. The molecule has 0 aliphatic carbocycles. The zero-order chi connectivity index (χ0) is 18.8. The van der Waals surface area contributed by atoms with E-state index in [1.54, 1.807) is 17.8 Å². The molecule has 6 nitrogen and oxygen atoms in total. The summed E-state index contributed by atoms with van der Waals surface area (Å²) in [5.74, 6) is -0.585. The third-order valence-corrected chi connectivity index (χ3v) is 4.77. The Labute approximate surface area is 152 Å². The van der Waals surface area contributed by atoms with Gasteiger partial charge in [-0.1, -0.05) is 18.2 Å². The number of hydrogen-bond acceptors (Lipinski definition) is 4. The van der Waals surface area contributed by atoms with Crippen LogP contribution in [0.2, 0.25) is 0 Å². The van der Waals surface area contributed by atoms with Crippen molar-refractivity contribution < 1.29 is 14.3 Å². The lowest BCUT2D eigenvalue weighted by Crippen LogP contribution is -2.24. The number of para-hydroxylation sites is 1. The quantitative estimate of drug-likeness (QED) is 0.545. The monoisotopic (exact) mass is 353 g/mol. The van der Waals surface area contributed by atoms with Gasteiger partial charge in [0.2, 0.25) is 5.78 Å². The van der Waals surface area contributed by atoms with Crippen LogP contribution in [-0.2, 0) is 23.0 Å². The molecule has 0 saturated heterocycles. The minimum absolute atomic E-state index is 0.204. The Morgan fingerprint density at radius 3 is 2.69 bits per heavy atom. The zero-order valence-corrected chi connectivity index (χ0v) is 15.5. The van der Waals surface area contributed by atoms with Crippen LogP contribution >= 0.6 is 0 Å². The topological polar surface area (TPSA) is 77.0 Å². The van der Waals surface area contributed by atoms with Crippen molar-refractivity contribution in [3.8, 4) is 0 Å². The van der Waals surface area contributed by atoms with Crippen LogP contribution in [0.25, 0.3) is 10.9 Å². The largest absolute Gasteiger partial charge is 0.454 e. The summed E-state index contributed by atoms with van der Waals surface area (Å²) in [6.07, 6.45) is 1.62. The summed E-state index contributed by atoms with van der Waals surface area (Å²) >= 11 is 0. The van der Waals surface area contributed by atoms with Gasteiger partial charge in [0.1, 0.15) is 0 Å². The molecule has 1 N–H and O–H groups in total. The van der Waals surface area contributed by atoms with E-state index in [4.69, 9.17) is 4.74 Å². The fourth-order valence-corrected chi connectivity index (χ4v) is 3.21. The number of Topliss-reactive ketones (excluding diaryl/α,β-unsaturated/α-hetero) is 1. The van der Waals surface area contributed by atoms with Crippen molar-refractivity contribution in [3.05, 3.63) is 53.0 Å². The van der Waals surface area contributed by atoms with Crippen molar-refractivity contribution in [1.82, 2.24) is 14.8 Å². The molecule has 0 fully saturated rings. The highest BCUT2D eigenvalue weighted by molar-refractivity contribution is 6.10. The van der Waals surface area contributed by atoms with Gasteiger partial charge in [0.25, 0.3) is 0 Å². The van der Waals surface area contributed by atoms with E-state index in [1.165, 1.54) is 0 Å². The minimum Gasteiger partial charge on any atom is -0.454 e. The van der Waals surface area contributed by atoms with E-state index in [0.717, 1.165) is 27.9 Å². The van der Waals surface area contributed by atoms with Crippen LogP contribution in [0.15, 0.2) is 30.5 Å². The van der Waals surface area contributed by atoms with Crippen LogP contribution in [0, 0.1) is 13.8 Å². The van der Waals surface area contributed by atoms with Crippen molar-refractivity contribution in [1.29, 1.82) is 0 Å². The fourth-order valence-electron chi connectivity index (χ4n) is 3.21. The lowest BCUT2D eigenvalue weighted by Gasteiger charge is -2.12. The minimum atomic E-state index is -0.821. The maximum absolute atomic E-state index is 12.6. The van der Waals surface area contributed by atoms with E-state index in [2.05, 4.69) is 10.1 Å². The van der Waals surface area contributed by atoms with Crippen molar-refractivity contribution in [2.24, 2.45) is 7.05 Å². The first-order chi connectivity index (χ1) is 12.4. The molecule has 0 amide bonds. The second-order valence-electron chi connectivity index (χ2n) is 6.52. The highest BCUT2D eigenvalue weighted by atomic mass is 16.5. The van der Waals surface area contributed by atoms with Gasteiger partial charge in [0.05, 0.1) is 5.69 Å². The number of carbonyl (C=O) groups excluding carboxylic acids is 2. The number of ether oxygens (including phenoxy) is 1. The Bertz CT molecular complexity index is 968. The number of hydrogen-bond donors (Lipinski definition) is 1. The number of H-pyrrole nitrogens is 1. The molecule has 0 spiro atoms. The highest BCUT2D eigenvalue weighted by Crippen LogP contribution is 2.20. The average Bonchev–Trinajstić information content (AvgIpc) is 3.14. The predicted molar refractivity (Wildman–Crippen MR) is 99.2 cm³/mol. The maximum Gasteiger partial charge on any atom is 0.306 e. The summed E-state index contributed by atoms with van der Waals surface area (Å²) in [5.41, 5.74) is 4.44. The molecule has 6 heteroatoms. The Balaban J connectivity index is 1.63. The Morgan fingerprint density at radius 1 is 1.27 bits per heavy atom. The Morgan fingerprint density at radius 2 is 2.00 bits per heavy atom. The second kappa shape index (κ2) is 7.15. The molecule has 0 radical (unpaired) electrons. The lowest BCUT2D eigenvalue weighted by atomic mass is 10.1. The molecule has 2 aromatic heterocycles. The molecule has 26 heavy (non-hydrogen) atoms. The Kier molecular flexibility index (Phi) is 4.93. The summed E-state index contributed by atoms with van der Waals surface area (Å²) in [7, 11) is 1.88. The molecular weight excluding hydrogens is 330 g/mol. The number of nitrogens with one attached hydrogen (secondary N) is 1. The SMILES string of the molecule is Cc1nn(C)c(C)c1CCC(=O)OC(C)C(=O)c1c[nH]c2ccccc12. The van der Waals surface area contributed by atoms with Gasteiger partial charge in [-0.05, 0) is 38.8 Å². The summed E-state index contributed by atoms with van der Waals surface area (Å²) < 4.78 is 7.17. The number of aromatic amines is 1. The third kappa shape index (κ3) is 3.40. The second-order valence-corrected chi connectivity index (χ2v) is 6.52. The van der Waals surface area contributed by atoms with Gasteiger partial charge >= 0.3 is 5.97 Å². The van der Waals surface area contributed by atoms with Gasteiger partial charge in [0.15, 0.2) is 6.10 Å². The normalized spacial score (nSPS) is 12.3. The first-order valence-electron chi connectivity index (χ1n) is 8.67. The number of benzene rings is 1. The van der Waals surface area contributed by atoms with Crippen LogP contribution in [0.5, 0.6) is 0 Å². The van der Waals surface area contributed by atoms with Gasteiger partial charge < -0.3 is 9.72 Å². The number of rotatable bonds is 6. The van der Waals surface area contributed by atoms with Gasteiger partial charge in [-0.3, -0.25) is 14.3 Å². The maximum atomic E-state index is 12.6. The molecule has 2 heterocycles. The number of esters is 1. The van der Waals surface area contributed by atoms with Crippen molar-refractivity contribution >= 4 is 22.7 Å². The van der Waals surface area contributed by atoms with E-state index in [0.29, 0.717) is 12.0 Å². The van der Waals surface area contributed by atoms with E-state index in [-0.39, 0.29) is 18.2 Å². The summed E-state index contributed by atoms with van der Waals surface area (Å²) in [6, 6.07) is 7.56. The van der Waals surface area contributed by atoms with Crippen molar-refractivity contribution in [3.63, 3.8) is 0 Å². The number of fused-ring (bicyclic) bond motifs is 1. The Hall–Kier alpha value is -2.89. The van der Waals surface area contributed by atoms with E-state index in [9.17, 15) is 9.59 Å². The lowest BCUT2D eigenvalue weighted by molar-refractivity contribution is -0.146. The number of aromatic nitrogens is 3. The molecule has 0 saturated carbocycles. The number of aryl methyl sites for hydroxylation is 2. The average molecular weight is 353 g/mol. The van der Waals surface area contributed by atoms with Gasteiger partial charge in [-0.25, -0.2) is 0 Å². The van der Waals surface area contributed by atoms with Crippen LogP contribution in [0.4, 0.5) is 0 Å². The number of nitrogens with zero attached hydrogens (tertiary/aromatic N) is 2. The van der Waals surface area contributed by atoms with Crippen LogP contribution < -0.4 is 0 Å². The molecule has 0 bridgehead atoms. The predicted octanol–water partition coefficient (Wildman–Crippen LogP) is 3.27. The molecule has 3 rings (SSSR count). The highest BCUT2D eigenvalue weighted by Gasteiger charge is 2.22. The standard InChI is InChI=1S/C20H23N3O3/c1-12-15(13(2)23(4)22-12)9-10-19(24)26-14(3)20(25)17-11-21-18-8-6-5-7-16(17)18/h5-8,11,14,21H,9-10H2,1-4H3. The summed E-state index contributed by atoms with van der Waals surface area (Å²) in [5, 5.41) is 5.18. The molecule has 1 atom stereocenters. The smallest absolute Gasteiger partial charge is 0.306 e. The van der Waals surface area contributed by atoms with Crippen LogP contribution in [0.3, 0.4) is 0 Å². The van der Waals surface area contributed by atoms with Crippen molar-refractivity contribution in [2.75, 3.05) is 0 Å². The first-order valence-corrected chi connectivity index (χ1v) is 8.67. The molecule has 136 valence electrons. The molecular formula is C20H23N3O3. The van der Waals surface area contributed by atoms with Crippen LogP contribution in [0.1, 0.15) is 40.7 Å². The third-order valence-electron chi connectivity index (χ3n) is 4.77. The first kappa shape index (κ1) is 17.9. The fraction of sp³-hybridized carbons (Fsp3) is 0.350. The van der Waals surface area contributed by atoms with Gasteiger partial charge in [-0.15, -0.1) is 0 Å². The number of carbonyl (C=O) groups is 2. The summed E-state index contributed by atoms with van der Waals surface area (Å²) in [6.45, 7) is 5.52. The molecule has 1 aromatic carbocycles. The van der Waals surface area contributed by atoms with E-state index < -0.39 is 6.10 Å². The van der Waals surface area contributed by atoms with E-state index in [1.807, 2.05) is 45.2 Å². The van der Waals surface area contributed by atoms with Crippen LogP contribution in [-0.4, -0.2) is 32.6 Å². The van der Waals surface area contributed by atoms with Gasteiger partial charge in [0, 0.05) is 41.8 Å². The zero-order valence-electron chi connectivity index (χ0n) is 15.5. The molecule has 1 unspecified atom stereocenters. The molecule has 3 aromatic rings. The van der Waals surface area contributed by atoms with Crippen molar-refractivity contribution in [2.45, 2.75) is 39.7 Å². The molecule has 0 aliphatic rings. The van der Waals surface area contributed by atoms with E-state index >= 15 is 0 Å². The number of ketones is 1. The van der Waals surface area contributed by atoms with Gasteiger partial charge in [-0.2, -0.15) is 5.10 Å². The molecule has 0 aliphatic heterocycles.